The first-order valence-electron chi connectivity index (χ1n) is 10.2. The third-order valence-corrected chi connectivity index (χ3v) is 5.31. The molecule has 0 bridgehead atoms. The number of hydrogen-bond donors (Lipinski definition) is 1. The fourth-order valence-corrected chi connectivity index (χ4v) is 3.45. The van der Waals surface area contributed by atoms with Crippen molar-refractivity contribution in [1.29, 1.82) is 0 Å². The zero-order valence-electron chi connectivity index (χ0n) is 17.6. The summed E-state index contributed by atoms with van der Waals surface area (Å²) in [6.07, 6.45) is 2.14. The average Bonchev–Trinajstić information content (AvgIpc) is 2.78. The molecule has 4 amide bonds. The fraction of sp³-hybridized carbons (Fsp3) is 0.160. The van der Waals surface area contributed by atoms with Gasteiger partial charge in [0.15, 0.2) is 0 Å². The molecule has 32 heavy (non-hydrogen) atoms. The number of carbonyl (C=O) groups excluding carboxylic acids is 3. The van der Waals surface area contributed by atoms with Gasteiger partial charge in [-0.2, -0.15) is 0 Å². The maximum absolute atomic E-state index is 13.3. The lowest BCUT2D eigenvalue weighted by Gasteiger charge is -2.26. The second-order valence-electron chi connectivity index (χ2n) is 7.47. The van der Waals surface area contributed by atoms with Crippen LogP contribution in [0.2, 0.25) is 0 Å². The van der Waals surface area contributed by atoms with Crippen LogP contribution < -0.4 is 15.0 Å². The smallest absolute Gasteiger partial charge is 0.335 e. The van der Waals surface area contributed by atoms with Crippen molar-refractivity contribution in [2.75, 3.05) is 4.90 Å². The summed E-state index contributed by atoms with van der Waals surface area (Å²) in [5.74, 6) is -1.59. The van der Waals surface area contributed by atoms with Gasteiger partial charge in [-0.15, -0.1) is 0 Å². The van der Waals surface area contributed by atoms with E-state index in [0.717, 1.165) is 34.2 Å². The Bertz CT molecular complexity index is 1250. The number of nitrogens with one attached hydrogen (secondary N) is 1. The number of anilines is 1. The van der Waals surface area contributed by atoms with Gasteiger partial charge in [-0.25, -0.2) is 14.1 Å². The van der Waals surface area contributed by atoms with E-state index in [1.54, 1.807) is 6.07 Å². The molecule has 1 heterocycles. The van der Waals surface area contributed by atoms with Gasteiger partial charge in [0.05, 0.1) is 11.8 Å². The maximum atomic E-state index is 13.3. The highest BCUT2D eigenvalue weighted by atomic mass is 19.1. The van der Waals surface area contributed by atoms with Crippen LogP contribution in [0.4, 0.5) is 14.9 Å². The Morgan fingerprint density at radius 3 is 2.47 bits per heavy atom. The summed E-state index contributed by atoms with van der Waals surface area (Å²) in [4.78, 5) is 39.0. The van der Waals surface area contributed by atoms with Gasteiger partial charge in [-0.1, -0.05) is 37.3 Å². The van der Waals surface area contributed by atoms with Crippen LogP contribution in [0.3, 0.4) is 0 Å². The molecule has 1 saturated heterocycles. The van der Waals surface area contributed by atoms with E-state index in [1.165, 1.54) is 18.2 Å². The van der Waals surface area contributed by atoms with Crippen molar-refractivity contribution in [3.05, 3.63) is 77.6 Å². The Morgan fingerprint density at radius 2 is 1.75 bits per heavy atom. The number of hydrogen-bond acceptors (Lipinski definition) is 4. The number of urea groups is 1. The summed E-state index contributed by atoms with van der Waals surface area (Å²) in [6, 6.07) is 15.2. The number of barbiturate groups is 1. The minimum atomic E-state index is -0.891. The van der Waals surface area contributed by atoms with Crippen molar-refractivity contribution in [3.63, 3.8) is 0 Å². The Hall–Kier alpha value is -4.00. The quantitative estimate of drug-likeness (QED) is 0.463. The lowest BCUT2D eigenvalue weighted by Crippen LogP contribution is -2.54. The summed E-state index contributed by atoms with van der Waals surface area (Å²) in [6.45, 7) is 3.92. The minimum Gasteiger partial charge on any atom is -0.490 e. The monoisotopic (exact) mass is 432 g/mol. The first-order valence-corrected chi connectivity index (χ1v) is 10.2. The molecule has 3 aromatic rings. The molecule has 0 spiro atoms. The summed E-state index contributed by atoms with van der Waals surface area (Å²) >= 11 is 0. The van der Waals surface area contributed by atoms with Crippen LogP contribution >= 0.6 is 0 Å². The van der Waals surface area contributed by atoms with Crippen LogP contribution in [0.1, 0.15) is 25.8 Å². The van der Waals surface area contributed by atoms with Crippen LogP contribution in [0.25, 0.3) is 16.8 Å². The van der Waals surface area contributed by atoms with Gasteiger partial charge in [0.2, 0.25) is 0 Å². The molecule has 3 aromatic carbocycles. The van der Waals surface area contributed by atoms with Crippen molar-refractivity contribution in [1.82, 2.24) is 5.32 Å². The van der Waals surface area contributed by atoms with E-state index >= 15 is 0 Å². The first kappa shape index (κ1) is 21.2. The molecule has 0 aliphatic carbocycles. The molecular formula is C25H21FN2O4. The number of halogens is 1. The average molecular weight is 432 g/mol. The molecule has 1 N–H and O–H groups in total. The zero-order chi connectivity index (χ0) is 22.8. The Labute approximate surface area is 184 Å². The summed E-state index contributed by atoms with van der Waals surface area (Å²) < 4.78 is 19.4. The molecule has 1 aliphatic rings. The molecule has 7 heteroatoms. The number of ether oxygens (including phenoxy) is 1. The van der Waals surface area contributed by atoms with Gasteiger partial charge >= 0.3 is 6.03 Å². The van der Waals surface area contributed by atoms with Gasteiger partial charge in [0.25, 0.3) is 11.8 Å². The molecule has 0 saturated carbocycles. The second-order valence-corrected chi connectivity index (χ2v) is 7.47. The summed E-state index contributed by atoms with van der Waals surface area (Å²) in [5.41, 5.74) is 0.496. The lowest BCUT2D eigenvalue weighted by molar-refractivity contribution is -0.122. The first-order chi connectivity index (χ1) is 15.4. The largest absolute Gasteiger partial charge is 0.490 e. The van der Waals surface area contributed by atoms with Crippen molar-refractivity contribution < 1.29 is 23.5 Å². The van der Waals surface area contributed by atoms with Crippen LogP contribution in [0, 0.1) is 5.82 Å². The van der Waals surface area contributed by atoms with Crippen molar-refractivity contribution in [2.45, 2.75) is 26.4 Å². The van der Waals surface area contributed by atoms with Gasteiger partial charge in [-0.3, -0.25) is 14.9 Å². The van der Waals surface area contributed by atoms with E-state index in [2.05, 4.69) is 5.32 Å². The molecule has 6 nitrogen and oxygen atoms in total. The SMILES string of the molecule is CC[C@H](C)Oc1ccc2ccccc2c1/C=C1\C(=O)NC(=O)N(c2ccc(F)cc2)C1=O. The Morgan fingerprint density at radius 1 is 1.03 bits per heavy atom. The molecule has 0 aromatic heterocycles. The molecule has 162 valence electrons. The Kier molecular flexibility index (Phi) is 5.73. The van der Waals surface area contributed by atoms with E-state index in [4.69, 9.17) is 4.74 Å². The summed E-state index contributed by atoms with van der Waals surface area (Å²) in [7, 11) is 0. The second kappa shape index (κ2) is 8.63. The van der Waals surface area contributed by atoms with E-state index < -0.39 is 23.7 Å². The van der Waals surface area contributed by atoms with Crippen molar-refractivity contribution in [3.8, 4) is 5.75 Å². The number of nitrogens with zero attached hydrogens (tertiary/aromatic N) is 1. The number of amides is 4. The fourth-order valence-electron chi connectivity index (χ4n) is 3.45. The van der Waals surface area contributed by atoms with Crippen LogP contribution in [0.5, 0.6) is 5.75 Å². The normalized spacial score (nSPS) is 16.4. The minimum absolute atomic E-state index is 0.0820. The van der Waals surface area contributed by atoms with Crippen LogP contribution in [-0.2, 0) is 9.59 Å². The standard InChI is InChI=1S/C25H21FN2O4/c1-3-15(2)32-22-13-8-16-6-4-5-7-19(16)20(22)14-21-23(29)27-25(31)28(24(21)30)18-11-9-17(26)10-12-18/h4-15H,3H2,1-2H3,(H,27,29,31)/b21-14+/t15-/m0/s1. The highest BCUT2D eigenvalue weighted by molar-refractivity contribution is 6.39. The van der Waals surface area contributed by atoms with Gasteiger partial charge in [-0.05, 0) is 60.5 Å². The molecular weight excluding hydrogens is 411 g/mol. The number of carbonyl (C=O) groups is 3. The molecule has 1 aliphatic heterocycles. The molecule has 1 fully saturated rings. The topological polar surface area (TPSA) is 75.7 Å². The van der Waals surface area contributed by atoms with E-state index in [1.807, 2.05) is 44.2 Å². The van der Waals surface area contributed by atoms with Crippen LogP contribution in [0.15, 0.2) is 66.2 Å². The van der Waals surface area contributed by atoms with Crippen LogP contribution in [-0.4, -0.2) is 23.9 Å². The Balaban J connectivity index is 1.85. The molecule has 1 atom stereocenters. The third-order valence-electron chi connectivity index (χ3n) is 5.31. The molecule has 4 rings (SSSR count). The van der Waals surface area contributed by atoms with Gasteiger partial charge < -0.3 is 4.74 Å². The van der Waals surface area contributed by atoms with Gasteiger partial charge in [0.1, 0.15) is 17.1 Å². The molecule has 0 radical (unpaired) electrons. The van der Waals surface area contributed by atoms with Crippen molar-refractivity contribution in [2.24, 2.45) is 0 Å². The van der Waals surface area contributed by atoms with Gasteiger partial charge in [0, 0.05) is 5.56 Å². The van der Waals surface area contributed by atoms with E-state index in [9.17, 15) is 18.8 Å². The number of imide groups is 2. The summed E-state index contributed by atoms with van der Waals surface area (Å²) in [5, 5.41) is 3.89. The zero-order valence-corrected chi connectivity index (χ0v) is 17.6. The van der Waals surface area contributed by atoms with E-state index in [-0.39, 0.29) is 17.4 Å². The maximum Gasteiger partial charge on any atom is 0.335 e. The number of fused-ring (bicyclic) bond motifs is 1. The highest BCUT2D eigenvalue weighted by Gasteiger charge is 2.37. The molecule has 0 unspecified atom stereocenters. The third kappa shape index (κ3) is 3.97. The van der Waals surface area contributed by atoms with Crippen molar-refractivity contribution >= 4 is 40.4 Å². The lowest BCUT2D eigenvalue weighted by atomic mass is 9.99. The highest BCUT2D eigenvalue weighted by Crippen LogP contribution is 2.32. The predicted molar refractivity (Wildman–Crippen MR) is 120 cm³/mol. The van der Waals surface area contributed by atoms with E-state index in [0.29, 0.717) is 11.3 Å². The number of benzene rings is 3. The predicted octanol–water partition coefficient (Wildman–Crippen LogP) is 4.82. The number of rotatable bonds is 5.